The van der Waals surface area contributed by atoms with E-state index >= 15 is 0 Å². The Labute approximate surface area is 101 Å². The molecule has 0 saturated carbocycles. The summed E-state index contributed by atoms with van der Waals surface area (Å²) in [5.74, 6) is 0.443. The quantitative estimate of drug-likeness (QED) is 0.411. The summed E-state index contributed by atoms with van der Waals surface area (Å²) in [5, 5.41) is 0. The Morgan fingerprint density at radius 2 is 1.50 bits per heavy atom. The molecule has 0 atom stereocenters. The maximum atomic E-state index is 10.8. The highest BCUT2D eigenvalue weighted by Gasteiger charge is 2.09. The molecule has 2 nitrogen and oxygen atoms in total. The molecule has 0 saturated heterocycles. The third-order valence-electron chi connectivity index (χ3n) is 2.95. The predicted octanol–water partition coefficient (Wildman–Crippen LogP) is 4.33. The highest BCUT2D eigenvalue weighted by atomic mass is 16.5. The zero-order chi connectivity index (χ0) is 12.2. The molecule has 0 aliphatic heterocycles. The lowest BCUT2D eigenvalue weighted by Crippen LogP contribution is -2.12. The number of esters is 1. The number of rotatable bonds is 10. The van der Waals surface area contributed by atoms with E-state index in [2.05, 4.69) is 13.8 Å². The molecule has 16 heavy (non-hydrogen) atoms. The number of hydrogen-bond donors (Lipinski definition) is 0. The minimum atomic E-state index is -0.143. The van der Waals surface area contributed by atoms with Crippen LogP contribution >= 0.6 is 0 Å². The Morgan fingerprint density at radius 1 is 1.00 bits per heavy atom. The van der Waals surface area contributed by atoms with Crippen LogP contribution in [0.15, 0.2) is 0 Å². The zero-order valence-electron chi connectivity index (χ0n) is 11.3. The molecule has 0 spiro atoms. The molecule has 0 amide bonds. The zero-order valence-corrected chi connectivity index (χ0v) is 11.3. The van der Waals surface area contributed by atoms with Crippen LogP contribution in [0.1, 0.15) is 72.1 Å². The van der Waals surface area contributed by atoms with Gasteiger partial charge in [-0.15, -0.1) is 0 Å². The minimum absolute atomic E-state index is 0.143. The van der Waals surface area contributed by atoms with Crippen molar-refractivity contribution in [2.24, 2.45) is 5.92 Å². The molecule has 0 aromatic rings. The smallest absolute Gasteiger partial charge is 0.302 e. The summed E-state index contributed by atoms with van der Waals surface area (Å²) in [7, 11) is 0. The van der Waals surface area contributed by atoms with E-state index in [1.165, 1.54) is 58.3 Å². The van der Waals surface area contributed by atoms with Crippen molar-refractivity contribution in [1.29, 1.82) is 0 Å². The molecule has 0 aromatic carbocycles. The second-order valence-electron chi connectivity index (χ2n) is 4.66. The first-order chi connectivity index (χ1) is 7.70. The molecule has 0 radical (unpaired) electrons. The Hall–Kier alpha value is -0.530. The van der Waals surface area contributed by atoms with Crippen LogP contribution in [0.4, 0.5) is 0 Å². The van der Waals surface area contributed by atoms with Crippen molar-refractivity contribution < 1.29 is 9.53 Å². The lowest BCUT2D eigenvalue weighted by molar-refractivity contribution is -0.142. The van der Waals surface area contributed by atoms with Crippen molar-refractivity contribution in [2.45, 2.75) is 72.1 Å². The number of ether oxygens (including phenoxy) is 1. The summed E-state index contributed by atoms with van der Waals surface area (Å²) in [5.41, 5.74) is 0. The fourth-order valence-electron chi connectivity index (χ4n) is 1.91. The standard InChI is InChI=1S/C14H28O2/c1-4-6-8-10-14(11-9-7-5-2)12-16-13(3)15/h14H,4-12H2,1-3H3. The molecule has 0 aliphatic rings. The lowest BCUT2D eigenvalue weighted by Gasteiger charge is -2.16. The third-order valence-corrected chi connectivity index (χ3v) is 2.95. The van der Waals surface area contributed by atoms with Crippen LogP contribution < -0.4 is 0 Å². The monoisotopic (exact) mass is 228 g/mol. The van der Waals surface area contributed by atoms with E-state index < -0.39 is 0 Å². The largest absolute Gasteiger partial charge is 0.466 e. The lowest BCUT2D eigenvalue weighted by atomic mass is 9.96. The van der Waals surface area contributed by atoms with Crippen LogP contribution in [0.2, 0.25) is 0 Å². The molecule has 0 heterocycles. The molecular formula is C14H28O2. The van der Waals surface area contributed by atoms with Gasteiger partial charge < -0.3 is 4.74 Å². The molecule has 0 aliphatic carbocycles. The summed E-state index contributed by atoms with van der Waals surface area (Å²) < 4.78 is 5.13. The van der Waals surface area contributed by atoms with Crippen LogP contribution in [0.25, 0.3) is 0 Å². The summed E-state index contributed by atoms with van der Waals surface area (Å²) >= 11 is 0. The van der Waals surface area contributed by atoms with Gasteiger partial charge in [-0.25, -0.2) is 0 Å². The van der Waals surface area contributed by atoms with Gasteiger partial charge in [-0.1, -0.05) is 52.4 Å². The van der Waals surface area contributed by atoms with Gasteiger partial charge in [0.15, 0.2) is 0 Å². The molecular weight excluding hydrogens is 200 g/mol. The van der Waals surface area contributed by atoms with Gasteiger partial charge in [-0.05, 0) is 18.8 Å². The second-order valence-corrected chi connectivity index (χ2v) is 4.66. The molecule has 0 rings (SSSR count). The maximum absolute atomic E-state index is 10.8. The highest BCUT2D eigenvalue weighted by Crippen LogP contribution is 2.18. The molecule has 2 heteroatoms. The first kappa shape index (κ1) is 15.5. The number of carbonyl (C=O) groups is 1. The first-order valence-corrected chi connectivity index (χ1v) is 6.84. The number of unbranched alkanes of at least 4 members (excludes halogenated alkanes) is 4. The van der Waals surface area contributed by atoms with Crippen molar-refractivity contribution in [3.63, 3.8) is 0 Å². The molecule has 0 N–H and O–H groups in total. The van der Waals surface area contributed by atoms with Gasteiger partial charge in [-0.2, -0.15) is 0 Å². The third kappa shape index (κ3) is 10.0. The van der Waals surface area contributed by atoms with Gasteiger partial charge >= 0.3 is 5.97 Å². The van der Waals surface area contributed by atoms with Gasteiger partial charge in [0.05, 0.1) is 6.61 Å². The fourth-order valence-corrected chi connectivity index (χ4v) is 1.91. The van der Waals surface area contributed by atoms with Crippen molar-refractivity contribution in [1.82, 2.24) is 0 Å². The molecule has 0 unspecified atom stereocenters. The van der Waals surface area contributed by atoms with Gasteiger partial charge in [0.2, 0.25) is 0 Å². The minimum Gasteiger partial charge on any atom is -0.466 e. The number of hydrogen-bond acceptors (Lipinski definition) is 2. The highest BCUT2D eigenvalue weighted by molar-refractivity contribution is 5.65. The average Bonchev–Trinajstić information content (AvgIpc) is 2.25. The van der Waals surface area contributed by atoms with Crippen LogP contribution in [-0.4, -0.2) is 12.6 Å². The Bertz CT molecular complexity index is 156. The summed E-state index contributed by atoms with van der Waals surface area (Å²) in [6.07, 6.45) is 10.1. The van der Waals surface area contributed by atoms with E-state index in [0.717, 1.165) is 0 Å². The fraction of sp³-hybridized carbons (Fsp3) is 0.929. The molecule has 0 bridgehead atoms. The first-order valence-electron chi connectivity index (χ1n) is 6.84. The molecule has 0 aromatic heterocycles. The average molecular weight is 228 g/mol. The normalized spacial score (nSPS) is 10.8. The van der Waals surface area contributed by atoms with Crippen molar-refractivity contribution in [2.75, 3.05) is 6.61 Å². The summed E-state index contributed by atoms with van der Waals surface area (Å²) in [4.78, 5) is 10.8. The topological polar surface area (TPSA) is 26.3 Å². The SMILES string of the molecule is CCCCCC(CCCCC)COC(C)=O. The molecule has 0 fully saturated rings. The van der Waals surface area contributed by atoms with Gasteiger partial charge in [0.25, 0.3) is 0 Å². The van der Waals surface area contributed by atoms with Crippen molar-refractivity contribution in [3.05, 3.63) is 0 Å². The summed E-state index contributed by atoms with van der Waals surface area (Å²) in [6, 6.07) is 0. The van der Waals surface area contributed by atoms with E-state index in [9.17, 15) is 4.79 Å². The van der Waals surface area contributed by atoms with E-state index in [4.69, 9.17) is 4.74 Å². The summed E-state index contributed by atoms with van der Waals surface area (Å²) in [6.45, 7) is 6.56. The Kier molecular flexibility index (Phi) is 10.6. The van der Waals surface area contributed by atoms with E-state index in [-0.39, 0.29) is 5.97 Å². The van der Waals surface area contributed by atoms with Crippen LogP contribution in [0.5, 0.6) is 0 Å². The second kappa shape index (κ2) is 11.0. The van der Waals surface area contributed by atoms with Gasteiger partial charge in [-0.3, -0.25) is 4.79 Å². The Morgan fingerprint density at radius 3 is 1.88 bits per heavy atom. The molecule has 96 valence electrons. The van der Waals surface area contributed by atoms with E-state index in [1.807, 2.05) is 0 Å². The van der Waals surface area contributed by atoms with Crippen LogP contribution in [0.3, 0.4) is 0 Å². The van der Waals surface area contributed by atoms with Gasteiger partial charge in [0, 0.05) is 6.92 Å². The van der Waals surface area contributed by atoms with Gasteiger partial charge in [0.1, 0.15) is 0 Å². The maximum Gasteiger partial charge on any atom is 0.302 e. The van der Waals surface area contributed by atoms with E-state index in [1.54, 1.807) is 0 Å². The van der Waals surface area contributed by atoms with Crippen molar-refractivity contribution in [3.8, 4) is 0 Å². The Balaban J connectivity index is 3.71. The van der Waals surface area contributed by atoms with Crippen LogP contribution in [-0.2, 0) is 9.53 Å². The van der Waals surface area contributed by atoms with Crippen molar-refractivity contribution >= 4 is 5.97 Å². The van der Waals surface area contributed by atoms with Crippen LogP contribution in [0, 0.1) is 5.92 Å². The number of carbonyl (C=O) groups excluding carboxylic acids is 1. The predicted molar refractivity (Wildman–Crippen MR) is 68.4 cm³/mol. The van der Waals surface area contributed by atoms with E-state index in [0.29, 0.717) is 12.5 Å².